The highest BCUT2D eigenvalue weighted by atomic mass is 32.2. The van der Waals surface area contributed by atoms with Crippen LogP contribution in [0.1, 0.15) is 20.8 Å². The number of thiophene rings is 1. The summed E-state index contributed by atoms with van der Waals surface area (Å²) in [5, 5.41) is 1.44. The number of hydrogen-bond donors (Lipinski definition) is 0. The lowest BCUT2D eigenvalue weighted by atomic mass is 10.1. The number of benzene rings is 1. The van der Waals surface area contributed by atoms with Crippen LogP contribution in [0, 0.1) is 13.8 Å². The lowest BCUT2D eigenvalue weighted by molar-refractivity contribution is 0.0739. The van der Waals surface area contributed by atoms with E-state index >= 15 is 0 Å². The van der Waals surface area contributed by atoms with Crippen LogP contribution < -0.4 is 4.74 Å². The van der Waals surface area contributed by atoms with Gasteiger partial charge in [-0.2, -0.15) is 0 Å². The van der Waals surface area contributed by atoms with Crippen LogP contribution in [0.15, 0.2) is 34.5 Å². The number of sulfonamides is 1. The molecule has 0 saturated heterocycles. The molecule has 1 aromatic heterocycles. The van der Waals surface area contributed by atoms with Gasteiger partial charge >= 0.3 is 5.97 Å². The van der Waals surface area contributed by atoms with Gasteiger partial charge in [0.2, 0.25) is 10.0 Å². The summed E-state index contributed by atoms with van der Waals surface area (Å²) in [6.45, 7) is 3.90. The minimum atomic E-state index is -3.54. The van der Waals surface area contributed by atoms with E-state index in [2.05, 4.69) is 0 Å². The fourth-order valence-electron chi connectivity index (χ4n) is 1.71. The number of carbonyl (C=O) groups excluding carboxylic acids is 1. The summed E-state index contributed by atoms with van der Waals surface area (Å²) in [6, 6.07) is 6.70. The van der Waals surface area contributed by atoms with Crippen molar-refractivity contribution in [3.8, 4) is 5.75 Å². The summed E-state index contributed by atoms with van der Waals surface area (Å²) < 4.78 is 30.4. The van der Waals surface area contributed by atoms with Crippen LogP contribution in [-0.4, -0.2) is 32.8 Å². The third-order valence-corrected chi connectivity index (χ3v) is 6.10. The van der Waals surface area contributed by atoms with Gasteiger partial charge in [-0.15, -0.1) is 11.3 Å². The van der Waals surface area contributed by atoms with Gasteiger partial charge in [0.25, 0.3) is 0 Å². The molecule has 0 bridgehead atoms. The van der Waals surface area contributed by atoms with E-state index in [1.54, 1.807) is 12.1 Å². The molecule has 0 aliphatic rings. The molecule has 0 N–H and O–H groups in total. The Balaban J connectivity index is 2.21. The van der Waals surface area contributed by atoms with Crippen molar-refractivity contribution in [1.82, 2.24) is 4.31 Å². The molecule has 2 rings (SSSR count). The molecule has 5 nitrogen and oxygen atoms in total. The highest BCUT2D eigenvalue weighted by Crippen LogP contribution is 2.24. The average Bonchev–Trinajstić information content (AvgIpc) is 2.93. The maximum Gasteiger partial charge on any atom is 0.353 e. The lowest BCUT2D eigenvalue weighted by Gasteiger charge is -2.08. The molecule has 0 radical (unpaired) electrons. The number of hydrogen-bond acceptors (Lipinski definition) is 5. The Morgan fingerprint density at radius 1 is 1.14 bits per heavy atom. The van der Waals surface area contributed by atoms with E-state index in [-0.39, 0.29) is 9.77 Å². The molecule has 1 heterocycles. The van der Waals surface area contributed by atoms with Gasteiger partial charge in [0, 0.05) is 19.5 Å². The van der Waals surface area contributed by atoms with E-state index in [0.29, 0.717) is 5.75 Å². The van der Waals surface area contributed by atoms with Crippen LogP contribution in [0.25, 0.3) is 0 Å². The van der Waals surface area contributed by atoms with E-state index in [4.69, 9.17) is 4.74 Å². The fraction of sp³-hybridized carbons (Fsp3) is 0.267. The molecule has 0 aliphatic heterocycles. The standard InChI is InChI=1S/C15H17NO4S2/c1-10-5-6-12(7-11(10)2)20-15(17)14-8-13(9-21-14)22(18,19)16(3)4/h5-9H,1-4H3. The fourth-order valence-corrected chi connectivity index (χ4v) is 3.74. The maximum absolute atomic E-state index is 12.1. The summed E-state index contributed by atoms with van der Waals surface area (Å²) in [4.78, 5) is 12.4. The second-order valence-corrected chi connectivity index (χ2v) is 8.13. The zero-order valence-corrected chi connectivity index (χ0v) is 14.4. The number of nitrogens with zero attached hydrogens (tertiary/aromatic N) is 1. The SMILES string of the molecule is Cc1ccc(OC(=O)c2cc(S(=O)(=O)N(C)C)cs2)cc1C. The predicted molar refractivity (Wildman–Crippen MR) is 86.1 cm³/mol. The minimum Gasteiger partial charge on any atom is -0.422 e. The zero-order valence-electron chi connectivity index (χ0n) is 12.8. The summed E-state index contributed by atoms with van der Waals surface area (Å²) >= 11 is 1.05. The zero-order chi connectivity index (χ0) is 16.5. The largest absolute Gasteiger partial charge is 0.422 e. The highest BCUT2D eigenvalue weighted by Gasteiger charge is 2.21. The van der Waals surface area contributed by atoms with Crippen LogP contribution in [0.2, 0.25) is 0 Å². The van der Waals surface area contributed by atoms with Crippen LogP contribution >= 0.6 is 11.3 Å². The number of esters is 1. The van der Waals surface area contributed by atoms with Crippen molar-refractivity contribution in [3.63, 3.8) is 0 Å². The normalized spacial score (nSPS) is 11.7. The second-order valence-electron chi connectivity index (χ2n) is 5.07. The Labute approximate surface area is 134 Å². The molecule has 2 aromatic rings. The van der Waals surface area contributed by atoms with Gasteiger partial charge in [-0.3, -0.25) is 0 Å². The topological polar surface area (TPSA) is 63.7 Å². The molecule has 118 valence electrons. The van der Waals surface area contributed by atoms with Crippen molar-refractivity contribution in [2.45, 2.75) is 18.7 Å². The van der Waals surface area contributed by atoms with E-state index in [1.165, 1.54) is 25.5 Å². The summed E-state index contributed by atoms with van der Waals surface area (Å²) in [7, 11) is -0.650. The average molecular weight is 339 g/mol. The minimum absolute atomic E-state index is 0.0922. The van der Waals surface area contributed by atoms with Gasteiger partial charge in [0.1, 0.15) is 10.6 Å². The van der Waals surface area contributed by atoms with Crippen molar-refractivity contribution in [1.29, 1.82) is 0 Å². The molecule has 0 aliphatic carbocycles. The van der Waals surface area contributed by atoms with Gasteiger partial charge in [0.15, 0.2) is 0 Å². The molecule has 22 heavy (non-hydrogen) atoms. The molecule has 0 atom stereocenters. The third-order valence-electron chi connectivity index (χ3n) is 3.24. The molecule has 0 amide bonds. The molecular formula is C15H17NO4S2. The second kappa shape index (κ2) is 6.20. The Hall–Kier alpha value is -1.70. The van der Waals surface area contributed by atoms with Gasteiger partial charge < -0.3 is 4.74 Å². The molecule has 0 saturated carbocycles. The molecule has 0 fully saturated rings. The molecule has 0 unspecified atom stereocenters. The first-order chi connectivity index (χ1) is 10.2. The molecular weight excluding hydrogens is 322 g/mol. The number of aryl methyl sites for hydroxylation is 2. The summed E-state index contributed by atoms with van der Waals surface area (Å²) in [5.74, 6) is -0.119. The summed E-state index contributed by atoms with van der Waals surface area (Å²) in [6.07, 6.45) is 0. The lowest BCUT2D eigenvalue weighted by Crippen LogP contribution is -2.21. The maximum atomic E-state index is 12.1. The van der Waals surface area contributed by atoms with Gasteiger partial charge in [-0.25, -0.2) is 17.5 Å². The van der Waals surface area contributed by atoms with E-state index in [1.807, 2.05) is 19.9 Å². The van der Waals surface area contributed by atoms with Gasteiger partial charge in [-0.05, 0) is 43.2 Å². The Morgan fingerprint density at radius 2 is 1.82 bits per heavy atom. The first-order valence-corrected chi connectivity index (χ1v) is 8.84. The first kappa shape index (κ1) is 16.7. The quantitative estimate of drug-likeness (QED) is 0.635. The Morgan fingerprint density at radius 3 is 2.41 bits per heavy atom. The van der Waals surface area contributed by atoms with E-state index in [0.717, 1.165) is 26.8 Å². The van der Waals surface area contributed by atoms with Crippen molar-refractivity contribution in [3.05, 3.63) is 45.6 Å². The smallest absolute Gasteiger partial charge is 0.353 e. The van der Waals surface area contributed by atoms with Crippen LogP contribution in [0.3, 0.4) is 0 Å². The van der Waals surface area contributed by atoms with Crippen LogP contribution in [-0.2, 0) is 10.0 Å². The third kappa shape index (κ3) is 3.37. The monoisotopic (exact) mass is 339 g/mol. The van der Waals surface area contributed by atoms with E-state index in [9.17, 15) is 13.2 Å². The van der Waals surface area contributed by atoms with Gasteiger partial charge in [0.05, 0.1) is 4.90 Å². The van der Waals surface area contributed by atoms with Crippen molar-refractivity contribution < 1.29 is 17.9 Å². The van der Waals surface area contributed by atoms with Crippen LogP contribution in [0.4, 0.5) is 0 Å². The number of ether oxygens (including phenoxy) is 1. The van der Waals surface area contributed by atoms with Gasteiger partial charge in [-0.1, -0.05) is 6.07 Å². The highest BCUT2D eigenvalue weighted by molar-refractivity contribution is 7.89. The first-order valence-electron chi connectivity index (χ1n) is 6.52. The number of rotatable bonds is 4. The van der Waals surface area contributed by atoms with E-state index < -0.39 is 16.0 Å². The van der Waals surface area contributed by atoms with Crippen LogP contribution in [0.5, 0.6) is 5.75 Å². The molecule has 1 aromatic carbocycles. The van der Waals surface area contributed by atoms with Crippen molar-refractivity contribution >= 4 is 27.3 Å². The molecule has 7 heteroatoms. The van der Waals surface area contributed by atoms with Crippen molar-refractivity contribution in [2.75, 3.05) is 14.1 Å². The summed E-state index contributed by atoms with van der Waals surface area (Å²) in [5.41, 5.74) is 2.13. The number of carbonyl (C=O) groups is 1. The predicted octanol–water partition coefficient (Wildman–Crippen LogP) is 2.83. The Bertz CT molecular complexity index is 807. The molecule has 0 spiro atoms. The Kier molecular flexibility index (Phi) is 4.69. The van der Waals surface area contributed by atoms with Crippen molar-refractivity contribution in [2.24, 2.45) is 0 Å².